The number of halogens is 2. The van der Waals surface area contributed by atoms with Gasteiger partial charge < -0.3 is 0 Å². The van der Waals surface area contributed by atoms with Crippen LogP contribution in [0.4, 0.5) is 0 Å². The highest BCUT2D eigenvalue weighted by Gasteiger charge is 1.90. The van der Waals surface area contributed by atoms with Gasteiger partial charge in [0, 0.05) is 5.33 Å². The molecule has 0 saturated heterocycles. The molecular formula is C8H7Br2N. The Morgan fingerprint density at radius 2 is 2.18 bits per heavy atom. The smallest absolute Gasteiger partial charge is 0.0991 e. The van der Waals surface area contributed by atoms with Gasteiger partial charge in [-0.25, -0.2) is 0 Å². The van der Waals surface area contributed by atoms with E-state index in [0.717, 1.165) is 16.5 Å². The minimum Gasteiger partial charge on any atom is -0.192 e. The molecule has 0 radical (unpaired) electrons. The summed E-state index contributed by atoms with van der Waals surface area (Å²) in [6, 6.07) is 9.61. The molecule has 0 aliphatic rings. The zero-order valence-electron chi connectivity index (χ0n) is 5.75. The highest BCUT2D eigenvalue weighted by Crippen LogP contribution is 2.07. The predicted octanol–water partition coefficient (Wildman–Crippen LogP) is 3.03. The van der Waals surface area contributed by atoms with Crippen molar-refractivity contribution in [1.29, 1.82) is 5.26 Å². The number of nitriles is 1. The molecule has 0 spiro atoms. The first kappa shape index (κ1) is 10.7. The minimum absolute atomic E-state index is 0. The first-order valence-electron chi connectivity index (χ1n) is 2.92. The summed E-state index contributed by atoms with van der Waals surface area (Å²) in [4.78, 5) is 0. The molecule has 0 saturated carbocycles. The summed E-state index contributed by atoms with van der Waals surface area (Å²) in [5, 5.41) is 9.30. The Morgan fingerprint density at radius 1 is 1.45 bits per heavy atom. The van der Waals surface area contributed by atoms with Crippen LogP contribution in [0.3, 0.4) is 0 Å². The number of hydrogen-bond donors (Lipinski definition) is 0. The number of rotatable bonds is 1. The lowest BCUT2D eigenvalue weighted by molar-refractivity contribution is 1.40. The summed E-state index contributed by atoms with van der Waals surface area (Å²) in [6.45, 7) is 0. The molecule has 11 heavy (non-hydrogen) atoms. The van der Waals surface area contributed by atoms with Gasteiger partial charge in [0.05, 0.1) is 11.6 Å². The van der Waals surface area contributed by atoms with Crippen molar-refractivity contribution >= 4 is 32.9 Å². The number of nitrogens with zero attached hydrogens (tertiary/aromatic N) is 1. The summed E-state index contributed by atoms with van der Waals surface area (Å²) in [5.74, 6) is 0. The van der Waals surface area contributed by atoms with Crippen molar-refractivity contribution in [1.82, 2.24) is 0 Å². The summed E-state index contributed by atoms with van der Waals surface area (Å²) in [5.41, 5.74) is 1.86. The third-order valence-corrected chi connectivity index (χ3v) is 1.86. The van der Waals surface area contributed by atoms with Gasteiger partial charge in [-0.15, -0.1) is 17.0 Å². The third kappa shape index (κ3) is 3.04. The van der Waals surface area contributed by atoms with Crippen molar-refractivity contribution in [2.24, 2.45) is 0 Å². The fourth-order valence-electron chi connectivity index (χ4n) is 0.724. The largest absolute Gasteiger partial charge is 0.192 e. The second kappa shape index (κ2) is 5.34. The van der Waals surface area contributed by atoms with Crippen LogP contribution in [0.5, 0.6) is 0 Å². The second-order valence-electron chi connectivity index (χ2n) is 1.95. The van der Waals surface area contributed by atoms with Crippen molar-refractivity contribution in [3.8, 4) is 6.07 Å². The second-order valence-corrected chi connectivity index (χ2v) is 2.51. The topological polar surface area (TPSA) is 23.8 Å². The summed E-state index contributed by atoms with van der Waals surface area (Å²) in [7, 11) is 0. The number of alkyl halides is 1. The van der Waals surface area contributed by atoms with E-state index in [2.05, 4.69) is 22.0 Å². The molecule has 0 fully saturated rings. The summed E-state index contributed by atoms with van der Waals surface area (Å²) >= 11 is 3.31. The molecule has 1 nitrogen and oxygen atoms in total. The van der Waals surface area contributed by atoms with Crippen molar-refractivity contribution in [2.75, 3.05) is 0 Å². The summed E-state index contributed by atoms with van der Waals surface area (Å²) in [6.07, 6.45) is 0. The van der Waals surface area contributed by atoms with E-state index in [1.54, 1.807) is 6.07 Å². The molecule has 58 valence electrons. The quantitative estimate of drug-likeness (QED) is 0.724. The lowest BCUT2D eigenvalue weighted by atomic mass is 10.2. The van der Waals surface area contributed by atoms with Crippen LogP contribution in [-0.2, 0) is 5.33 Å². The maximum Gasteiger partial charge on any atom is 0.0991 e. The van der Waals surface area contributed by atoms with Gasteiger partial charge in [-0.2, -0.15) is 5.26 Å². The molecule has 3 heteroatoms. The standard InChI is InChI=1S/C8H6BrN.BrH/c9-5-7-2-1-3-8(4-7)6-10;/h1-4H,5H2;1H. The highest BCUT2D eigenvalue weighted by molar-refractivity contribution is 9.08. The van der Waals surface area contributed by atoms with Gasteiger partial charge in [0.1, 0.15) is 0 Å². The van der Waals surface area contributed by atoms with Crippen LogP contribution < -0.4 is 0 Å². The maximum absolute atomic E-state index is 8.49. The van der Waals surface area contributed by atoms with Crippen LogP contribution in [0.15, 0.2) is 24.3 Å². The fraction of sp³-hybridized carbons (Fsp3) is 0.125. The maximum atomic E-state index is 8.49. The van der Waals surface area contributed by atoms with Gasteiger partial charge in [0.2, 0.25) is 0 Å². The molecule has 0 heterocycles. The van der Waals surface area contributed by atoms with E-state index in [4.69, 9.17) is 5.26 Å². The van der Waals surface area contributed by atoms with Crippen LogP contribution in [-0.4, -0.2) is 0 Å². The van der Waals surface area contributed by atoms with E-state index in [-0.39, 0.29) is 17.0 Å². The average Bonchev–Trinajstić information content (AvgIpc) is 2.05. The van der Waals surface area contributed by atoms with Crippen molar-refractivity contribution < 1.29 is 0 Å². The van der Waals surface area contributed by atoms with Crippen LogP contribution in [0, 0.1) is 11.3 Å². The van der Waals surface area contributed by atoms with Gasteiger partial charge >= 0.3 is 0 Å². The number of benzene rings is 1. The average molecular weight is 277 g/mol. The van der Waals surface area contributed by atoms with E-state index in [1.165, 1.54) is 0 Å². The molecule has 0 bridgehead atoms. The van der Waals surface area contributed by atoms with Crippen LogP contribution in [0.2, 0.25) is 0 Å². The first-order valence-corrected chi connectivity index (χ1v) is 4.04. The van der Waals surface area contributed by atoms with Gasteiger partial charge in [-0.3, -0.25) is 0 Å². The zero-order chi connectivity index (χ0) is 7.40. The van der Waals surface area contributed by atoms with E-state index in [0.29, 0.717) is 0 Å². The lowest BCUT2D eigenvalue weighted by Crippen LogP contribution is -1.78. The monoisotopic (exact) mass is 275 g/mol. The third-order valence-electron chi connectivity index (χ3n) is 1.21. The zero-order valence-corrected chi connectivity index (χ0v) is 9.05. The molecule has 0 aliphatic heterocycles. The first-order chi connectivity index (χ1) is 4.86. The van der Waals surface area contributed by atoms with Gasteiger partial charge in [-0.05, 0) is 17.7 Å². The van der Waals surface area contributed by atoms with Gasteiger partial charge in [0.25, 0.3) is 0 Å². The Balaban J connectivity index is 0.000001000. The van der Waals surface area contributed by atoms with E-state index >= 15 is 0 Å². The Labute approximate surface area is 84.9 Å². The Bertz CT molecular complexity index is 265. The fourth-order valence-corrected chi connectivity index (χ4v) is 1.07. The molecule has 0 unspecified atom stereocenters. The molecule has 0 aromatic heterocycles. The van der Waals surface area contributed by atoms with Gasteiger partial charge in [0.15, 0.2) is 0 Å². The highest BCUT2D eigenvalue weighted by atomic mass is 79.9. The van der Waals surface area contributed by atoms with Crippen LogP contribution >= 0.6 is 32.9 Å². The molecule has 0 atom stereocenters. The Morgan fingerprint density at radius 3 is 2.73 bits per heavy atom. The van der Waals surface area contributed by atoms with E-state index < -0.39 is 0 Å². The predicted molar refractivity (Wildman–Crippen MR) is 54.1 cm³/mol. The van der Waals surface area contributed by atoms with Crippen molar-refractivity contribution in [3.63, 3.8) is 0 Å². The number of hydrogen-bond acceptors (Lipinski definition) is 1. The van der Waals surface area contributed by atoms with Crippen LogP contribution in [0.25, 0.3) is 0 Å². The molecule has 1 aromatic carbocycles. The SMILES string of the molecule is Br.N#Cc1cccc(CBr)c1. The summed E-state index contributed by atoms with van der Waals surface area (Å²) < 4.78 is 0. The molecule has 0 N–H and O–H groups in total. The minimum atomic E-state index is 0. The van der Waals surface area contributed by atoms with Crippen molar-refractivity contribution in [3.05, 3.63) is 35.4 Å². The lowest BCUT2D eigenvalue weighted by Gasteiger charge is -1.92. The van der Waals surface area contributed by atoms with E-state index in [1.807, 2.05) is 18.2 Å². The Hall–Kier alpha value is -0.330. The molecule has 0 amide bonds. The van der Waals surface area contributed by atoms with Crippen LogP contribution in [0.1, 0.15) is 11.1 Å². The molecule has 0 aliphatic carbocycles. The van der Waals surface area contributed by atoms with Gasteiger partial charge in [-0.1, -0.05) is 28.1 Å². The van der Waals surface area contributed by atoms with Crippen molar-refractivity contribution in [2.45, 2.75) is 5.33 Å². The molecule has 1 aromatic rings. The normalized spacial score (nSPS) is 8.00. The Kier molecular flexibility index (Phi) is 5.18. The molecule has 1 rings (SSSR count). The molecular weight excluding hydrogens is 270 g/mol. The van der Waals surface area contributed by atoms with E-state index in [9.17, 15) is 0 Å².